The van der Waals surface area contributed by atoms with Crippen LogP contribution >= 0.6 is 0 Å². The fourth-order valence-corrected chi connectivity index (χ4v) is 2.04. The molecule has 1 aromatic carbocycles. The van der Waals surface area contributed by atoms with Crippen molar-refractivity contribution in [3.8, 4) is 0 Å². The minimum atomic E-state index is -0.277. The zero-order valence-electron chi connectivity index (χ0n) is 9.40. The summed E-state index contributed by atoms with van der Waals surface area (Å²) in [6.45, 7) is 4.82. The first-order valence-electron chi connectivity index (χ1n) is 5.67. The van der Waals surface area contributed by atoms with E-state index < -0.39 is 0 Å². The van der Waals surface area contributed by atoms with Crippen molar-refractivity contribution in [3.63, 3.8) is 0 Å². The number of aliphatic hydroxyl groups excluding tert-OH is 1. The molecule has 1 aliphatic rings. The standard InChI is InChI=1S/C13H19NO/c1-9(10(2)15)14-8-12-7-11-5-3-4-6-13(11)12/h3-6,9-10,12,14-15H,7-8H2,1-2H3. The highest BCUT2D eigenvalue weighted by molar-refractivity contribution is 5.40. The smallest absolute Gasteiger partial charge is 0.0662 e. The Labute approximate surface area is 91.3 Å². The molecule has 0 bridgehead atoms. The van der Waals surface area contributed by atoms with Gasteiger partial charge in [0.1, 0.15) is 0 Å². The number of fused-ring (bicyclic) bond motifs is 1. The Morgan fingerprint density at radius 1 is 1.40 bits per heavy atom. The summed E-state index contributed by atoms with van der Waals surface area (Å²) >= 11 is 0. The molecule has 2 N–H and O–H groups in total. The fourth-order valence-electron chi connectivity index (χ4n) is 2.04. The Kier molecular flexibility index (Phi) is 3.08. The van der Waals surface area contributed by atoms with Gasteiger partial charge >= 0.3 is 0 Å². The lowest BCUT2D eigenvalue weighted by Crippen LogP contribution is -2.40. The maximum Gasteiger partial charge on any atom is 0.0662 e. The van der Waals surface area contributed by atoms with Crippen LogP contribution in [0.15, 0.2) is 24.3 Å². The van der Waals surface area contributed by atoms with E-state index >= 15 is 0 Å². The zero-order valence-corrected chi connectivity index (χ0v) is 9.40. The molecule has 0 heterocycles. The van der Waals surface area contributed by atoms with Gasteiger partial charge in [0.05, 0.1) is 6.10 Å². The number of benzene rings is 1. The molecule has 0 aliphatic heterocycles. The van der Waals surface area contributed by atoms with Crippen molar-refractivity contribution >= 4 is 0 Å². The first-order valence-corrected chi connectivity index (χ1v) is 5.67. The van der Waals surface area contributed by atoms with Crippen LogP contribution in [0.25, 0.3) is 0 Å². The molecule has 0 saturated carbocycles. The molecule has 0 aromatic heterocycles. The van der Waals surface area contributed by atoms with Gasteiger partial charge < -0.3 is 10.4 Å². The Morgan fingerprint density at radius 3 is 2.80 bits per heavy atom. The Morgan fingerprint density at radius 2 is 2.13 bits per heavy atom. The number of hydrogen-bond acceptors (Lipinski definition) is 2. The van der Waals surface area contributed by atoms with Gasteiger partial charge in [-0.25, -0.2) is 0 Å². The van der Waals surface area contributed by atoms with Gasteiger partial charge in [-0.15, -0.1) is 0 Å². The maximum absolute atomic E-state index is 9.36. The average Bonchev–Trinajstić information content (AvgIpc) is 2.19. The van der Waals surface area contributed by atoms with Crippen LogP contribution in [-0.4, -0.2) is 23.8 Å². The molecule has 0 radical (unpaired) electrons. The van der Waals surface area contributed by atoms with Gasteiger partial charge in [0.2, 0.25) is 0 Å². The van der Waals surface area contributed by atoms with Crippen LogP contribution in [0.5, 0.6) is 0 Å². The lowest BCUT2D eigenvalue weighted by atomic mass is 9.77. The molecule has 1 aromatic rings. The molecular formula is C13H19NO. The van der Waals surface area contributed by atoms with Crippen molar-refractivity contribution in [1.29, 1.82) is 0 Å². The van der Waals surface area contributed by atoms with E-state index in [1.165, 1.54) is 17.5 Å². The molecule has 3 unspecified atom stereocenters. The maximum atomic E-state index is 9.36. The largest absolute Gasteiger partial charge is 0.392 e. The summed E-state index contributed by atoms with van der Waals surface area (Å²) < 4.78 is 0. The van der Waals surface area contributed by atoms with Crippen molar-refractivity contribution in [2.24, 2.45) is 0 Å². The average molecular weight is 205 g/mol. The van der Waals surface area contributed by atoms with E-state index in [4.69, 9.17) is 0 Å². The molecule has 2 nitrogen and oxygen atoms in total. The predicted octanol–water partition coefficient (Wildman–Crippen LogP) is 1.69. The number of hydrogen-bond donors (Lipinski definition) is 2. The summed E-state index contributed by atoms with van der Waals surface area (Å²) in [6.07, 6.45) is 0.899. The van der Waals surface area contributed by atoms with Gasteiger partial charge in [0, 0.05) is 18.5 Å². The molecule has 2 rings (SSSR count). The third-order valence-corrected chi connectivity index (χ3v) is 3.37. The molecule has 0 amide bonds. The summed E-state index contributed by atoms with van der Waals surface area (Å²) in [6, 6.07) is 8.78. The molecular weight excluding hydrogens is 186 g/mol. The topological polar surface area (TPSA) is 32.3 Å². The van der Waals surface area contributed by atoms with Crippen LogP contribution in [0.4, 0.5) is 0 Å². The van der Waals surface area contributed by atoms with Crippen molar-refractivity contribution < 1.29 is 5.11 Å². The van der Waals surface area contributed by atoms with Gasteiger partial charge in [0.15, 0.2) is 0 Å². The van der Waals surface area contributed by atoms with E-state index in [2.05, 4.69) is 29.6 Å². The van der Waals surface area contributed by atoms with Crippen LogP contribution in [-0.2, 0) is 6.42 Å². The van der Waals surface area contributed by atoms with Gasteiger partial charge in [0.25, 0.3) is 0 Å². The molecule has 15 heavy (non-hydrogen) atoms. The predicted molar refractivity (Wildman–Crippen MR) is 62.0 cm³/mol. The third kappa shape index (κ3) is 2.21. The molecule has 0 saturated heterocycles. The van der Waals surface area contributed by atoms with E-state index in [0.29, 0.717) is 5.92 Å². The summed E-state index contributed by atoms with van der Waals surface area (Å²) in [5.41, 5.74) is 2.96. The Hall–Kier alpha value is -0.860. The number of nitrogens with one attached hydrogen (secondary N) is 1. The summed E-state index contributed by atoms with van der Waals surface area (Å²) in [4.78, 5) is 0. The molecule has 82 valence electrons. The van der Waals surface area contributed by atoms with Crippen molar-refractivity contribution in [2.75, 3.05) is 6.54 Å². The molecule has 0 fully saturated rings. The minimum absolute atomic E-state index is 0.178. The fraction of sp³-hybridized carbons (Fsp3) is 0.538. The number of aliphatic hydroxyl groups is 1. The van der Waals surface area contributed by atoms with Crippen LogP contribution in [0.1, 0.15) is 30.9 Å². The summed E-state index contributed by atoms with van der Waals surface area (Å²) in [5, 5.41) is 12.7. The second kappa shape index (κ2) is 4.33. The van der Waals surface area contributed by atoms with Crippen molar-refractivity contribution in [2.45, 2.75) is 38.3 Å². The Balaban J connectivity index is 1.85. The summed E-state index contributed by atoms with van der Waals surface area (Å²) in [5.74, 6) is 0.641. The van der Waals surface area contributed by atoms with Gasteiger partial charge in [-0.05, 0) is 31.4 Å². The highest BCUT2D eigenvalue weighted by Gasteiger charge is 2.25. The highest BCUT2D eigenvalue weighted by atomic mass is 16.3. The highest BCUT2D eigenvalue weighted by Crippen LogP contribution is 2.34. The van der Waals surface area contributed by atoms with Crippen LogP contribution in [0.2, 0.25) is 0 Å². The zero-order chi connectivity index (χ0) is 10.8. The van der Waals surface area contributed by atoms with E-state index in [1.807, 2.05) is 13.8 Å². The monoisotopic (exact) mass is 205 g/mol. The summed E-state index contributed by atoms with van der Waals surface area (Å²) in [7, 11) is 0. The van der Waals surface area contributed by atoms with Crippen molar-refractivity contribution in [1.82, 2.24) is 5.32 Å². The van der Waals surface area contributed by atoms with E-state index in [-0.39, 0.29) is 12.1 Å². The van der Waals surface area contributed by atoms with Crippen LogP contribution in [0, 0.1) is 0 Å². The van der Waals surface area contributed by atoms with E-state index in [0.717, 1.165) is 6.54 Å². The Bertz CT molecular complexity index is 335. The van der Waals surface area contributed by atoms with Gasteiger partial charge in [-0.3, -0.25) is 0 Å². The van der Waals surface area contributed by atoms with Crippen molar-refractivity contribution in [3.05, 3.63) is 35.4 Å². The van der Waals surface area contributed by atoms with E-state index in [1.54, 1.807) is 0 Å². The normalized spacial score (nSPS) is 22.7. The second-order valence-corrected chi connectivity index (χ2v) is 4.54. The molecule has 1 aliphatic carbocycles. The first-order chi connectivity index (χ1) is 7.18. The molecule has 3 atom stereocenters. The molecule has 0 spiro atoms. The van der Waals surface area contributed by atoms with Crippen LogP contribution < -0.4 is 5.32 Å². The number of rotatable bonds is 4. The van der Waals surface area contributed by atoms with Gasteiger partial charge in [-0.1, -0.05) is 24.3 Å². The molecule has 2 heteroatoms. The van der Waals surface area contributed by atoms with Gasteiger partial charge in [-0.2, -0.15) is 0 Å². The third-order valence-electron chi connectivity index (χ3n) is 3.37. The minimum Gasteiger partial charge on any atom is -0.392 e. The lowest BCUT2D eigenvalue weighted by Gasteiger charge is -2.31. The second-order valence-electron chi connectivity index (χ2n) is 4.54. The van der Waals surface area contributed by atoms with E-state index in [9.17, 15) is 5.11 Å². The quantitative estimate of drug-likeness (QED) is 0.784. The SMILES string of the molecule is CC(O)C(C)NCC1Cc2ccccc21. The van der Waals surface area contributed by atoms with Crippen LogP contribution in [0.3, 0.4) is 0 Å². The lowest BCUT2D eigenvalue weighted by molar-refractivity contribution is 0.151. The first kappa shape index (κ1) is 10.7.